The Labute approximate surface area is 160 Å². The quantitative estimate of drug-likeness (QED) is 0.511. The summed E-state index contributed by atoms with van der Waals surface area (Å²) in [5.41, 5.74) is 4.40. The molecule has 0 bridgehead atoms. The van der Waals surface area contributed by atoms with Crippen molar-refractivity contribution in [3.05, 3.63) is 57.4 Å². The summed E-state index contributed by atoms with van der Waals surface area (Å²) in [7, 11) is 3.13. The van der Waals surface area contributed by atoms with E-state index in [0.29, 0.717) is 21.4 Å². The van der Waals surface area contributed by atoms with Crippen LogP contribution in [0.25, 0.3) is 10.1 Å². The molecule has 7 heteroatoms. The van der Waals surface area contributed by atoms with Gasteiger partial charge in [-0.15, -0.1) is 11.3 Å². The lowest BCUT2D eigenvalue weighted by Gasteiger charge is -2.07. The van der Waals surface area contributed by atoms with Crippen LogP contribution in [0.3, 0.4) is 0 Å². The fraction of sp³-hybridized carbons (Fsp3) is 0.158. The number of hydrogen-bond acceptors (Lipinski definition) is 5. The Hall–Kier alpha value is -2.57. The number of halogens is 1. The van der Waals surface area contributed by atoms with E-state index in [9.17, 15) is 4.79 Å². The first kappa shape index (κ1) is 18.2. The zero-order valence-corrected chi connectivity index (χ0v) is 16.1. The second kappa shape index (κ2) is 7.76. The summed E-state index contributed by atoms with van der Waals surface area (Å²) >= 11 is 7.69. The predicted octanol–water partition coefficient (Wildman–Crippen LogP) is 4.64. The number of fused-ring (bicyclic) bond motifs is 1. The maximum Gasteiger partial charge on any atom is 0.283 e. The number of methoxy groups -OCH3 is 2. The Bertz CT molecular complexity index is 998. The third-order valence-electron chi connectivity index (χ3n) is 3.78. The number of carbonyl (C=O) groups is 1. The SMILES string of the molecule is COc1ccc(C=NNC(=O)c2sc3cc(C)ccc3c2Cl)cc1OC. The summed E-state index contributed by atoms with van der Waals surface area (Å²) in [6, 6.07) is 11.3. The van der Waals surface area contributed by atoms with Crippen LogP contribution in [0.4, 0.5) is 0 Å². The molecule has 5 nitrogen and oxygen atoms in total. The topological polar surface area (TPSA) is 59.9 Å². The van der Waals surface area contributed by atoms with Crippen LogP contribution in [-0.4, -0.2) is 26.3 Å². The van der Waals surface area contributed by atoms with Crippen LogP contribution in [-0.2, 0) is 0 Å². The molecule has 0 fully saturated rings. The molecule has 3 rings (SSSR count). The third-order valence-corrected chi connectivity index (χ3v) is 5.43. The average molecular weight is 389 g/mol. The highest BCUT2D eigenvalue weighted by Gasteiger charge is 2.16. The van der Waals surface area contributed by atoms with Gasteiger partial charge in [0.2, 0.25) is 0 Å². The smallest absolute Gasteiger partial charge is 0.283 e. The second-order valence-electron chi connectivity index (χ2n) is 5.56. The zero-order valence-electron chi connectivity index (χ0n) is 14.5. The molecular weight excluding hydrogens is 372 g/mol. The fourth-order valence-electron chi connectivity index (χ4n) is 2.47. The van der Waals surface area contributed by atoms with Crippen molar-refractivity contribution in [1.29, 1.82) is 0 Å². The molecule has 0 saturated heterocycles. The minimum atomic E-state index is -0.342. The first-order chi connectivity index (χ1) is 12.5. The Morgan fingerprint density at radius 2 is 1.92 bits per heavy atom. The van der Waals surface area contributed by atoms with E-state index in [1.807, 2.05) is 31.2 Å². The van der Waals surface area contributed by atoms with Gasteiger partial charge >= 0.3 is 0 Å². The van der Waals surface area contributed by atoms with Crippen LogP contribution >= 0.6 is 22.9 Å². The lowest BCUT2D eigenvalue weighted by atomic mass is 10.2. The van der Waals surface area contributed by atoms with E-state index in [1.54, 1.807) is 26.4 Å². The van der Waals surface area contributed by atoms with E-state index < -0.39 is 0 Å². The highest BCUT2D eigenvalue weighted by Crippen LogP contribution is 2.35. The van der Waals surface area contributed by atoms with Crippen molar-refractivity contribution < 1.29 is 14.3 Å². The molecule has 1 heterocycles. The van der Waals surface area contributed by atoms with Crippen molar-refractivity contribution >= 4 is 45.1 Å². The highest BCUT2D eigenvalue weighted by atomic mass is 35.5. The van der Waals surface area contributed by atoms with Crippen molar-refractivity contribution in [2.24, 2.45) is 5.10 Å². The summed E-state index contributed by atoms with van der Waals surface area (Å²) in [5, 5.41) is 5.32. The second-order valence-corrected chi connectivity index (χ2v) is 6.99. The Morgan fingerprint density at radius 1 is 1.15 bits per heavy atom. The van der Waals surface area contributed by atoms with Crippen molar-refractivity contribution in [2.75, 3.05) is 14.2 Å². The van der Waals surface area contributed by atoms with Gasteiger partial charge in [0.15, 0.2) is 11.5 Å². The number of ether oxygens (including phenoxy) is 2. The van der Waals surface area contributed by atoms with Crippen molar-refractivity contribution in [1.82, 2.24) is 5.43 Å². The Balaban J connectivity index is 1.76. The summed E-state index contributed by atoms with van der Waals surface area (Å²) in [4.78, 5) is 12.8. The number of amides is 1. The molecule has 0 spiro atoms. The first-order valence-corrected chi connectivity index (χ1v) is 8.97. The molecule has 0 aliphatic rings. The minimum Gasteiger partial charge on any atom is -0.493 e. The van der Waals surface area contributed by atoms with E-state index in [4.69, 9.17) is 21.1 Å². The van der Waals surface area contributed by atoms with Gasteiger partial charge in [-0.2, -0.15) is 5.10 Å². The van der Waals surface area contributed by atoms with Crippen LogP contribution < -0.4 is 14.9 Å². The molecule has 0 radical (unpaired) electrons. The minimum absolute atomic E-state index is 0.342. The molecule has 0 unspecified atom stereocenters. The van der Waals surface area contributed by atoms with Gasteiger partial charge in [-0.25, -0.2) is 5.43 Å². The van der Waals surface area contributed by atoms with Crippen LogP contribution in [0.5, 0.6) is 11.5 Å². The largest absolute Gasteiger partial charge is 0.493 e. The number of nitrogens with one attached hydrogen (secondary N) is 1. The Morgan fingerprint density at radius 3 is 2.65 bits per heavy atom. The van der Waals surface area contributed by atoms with E-state index in [1.165, 1.54) is 17.6 Å². The number of hydrazone groups is 1. The van der Waals surface area contributed by atoms with Crippen LogP contribution in [0.2, 0.25) is 5.02 Å². The van der Waals surface area contributed by atoms with Crippen LogP contribution in [0, 0.1) is 6.92 Å². The maximum absolute atomic E-state index is 12.4. The van der Waals surface area contributed by atoms with E-state index >= 15 is 0 Å². The molecular formula is C19H17ClN2O3S. The molecule has 2 aromatic carbocycles. The summed E-state index contributed by atoms with van der Waals surface area (Å²) in [5.74, 6) is 0.873. The molecule has 26 heavy (non-hydrogen) atoms. The van der Waals surface area contributed by atoms with Gasteiger partial charge in [-0.1, -0.05) is 23.7 Å². The summed E-state index contributed by atoms with van der Waals surface area (Å²) in [6.07, 6.45) is 1.53. The molecule has 1 aromatic heterocycles. The van der Waals surface area contributed by atoms with Crippen molar-refractivity contribution in [2.45, 2.75) is 6.92 Å². The van der Waals surface area contributed by atoms with Gasteiger partial charge in [0.1, 0.15) is 4.88 Å². The zero-order chi connectivity index (χ0) is 18.7. The molecule has 1 amide bonds. The van der Waals surface area contributed by atoms with Gasteiger partial charge in [0.25, 0.3) is 5.91 Å². The predicted molar refractivity (Wildman–Crippen MR) is 106 cm³/mol. The molecule has 0 saturated carbocycles. The lowest BCUT2D eigenvalue weighted by molar-refractivity contribution is 0.0959. The molecule has 134 valence electrons. The van der Waals surface area contributed by atoms with E-state index in [-0.39, 0.29) is 5.91 Å². The first-order valence-electron chi connectivity index (χ1n) is 7.77. The van der Waals surface area contributed by atoms with E-state index in [2.05, 4.69) is 10.5 Å². The van der Waals surface area contributed by atoms with Crippen molar-refractivity contribution in [3.63, 3.8) is 0 Å². The summed E-state index contributed by atoms with van der Waals surface area (Å²) < 4.78 is 11.4. The number of rotatable bonds is 5. The molecule has 0 aliphatic carbocycles. The van der Waals surface area contributed by atoms with Crippen LogP contribution in [0.15, 0.2) is 41.5 Å². The fourth-order valence-corrected chi connectivity index (χ4v) is 3.97. The van der Waals surface area contributed by atoms with Gasteiger partial charge in [0.05, 0.1) is 25.5 Å². The number of carbonyl (C=O) groups excluding carboxylic acids is 1. The highest BCUT2D eigenvalue weighted by molar-refractivity contribution is 7.21. The number of hydrogen-bond donors (Lipinski definition) is 1. The molecule has 0 atom stereocenters. The Kier molecular flexibility index (Phi) is 5.44. The molecule has 0 aliphatic heterocycles. The van der Waals surface area contributed by atoms with Crippen molar-refractivity contribution in [3.8, 4) is 11.5 Å². The van der Waals surface area contributed by atoms with E-state index in [0.717, 1.165) is 21.2 Å². The molecule has 1 N–H and O–H groups in total. The third kappa shape index (κ3) is 3.66. The number of nitrogens with zero attached hydrogens (tertiary/aromatic N) is 1. The van der Waals surface area contributed by atoms with Gasteiger partial charge < -0.3 is 9.47 Å². The van der Waals surface area contributed by atoms with Gasteiger partial charge in [-0.05, 0) is 42.3 Å². The van der Waals surface area contributed by atoms with Crippen LogP contribution in [0.1, 0.15) is 20.8 Å². The molecule has 3 aromatic rings. The monoisotopic (exact) mass is 388 g/mol. The lowest BCUT2D eigenvalue weighted by Crippen LogP contribution is -2.16. The van der Waals surface area contributed by atoms with Gasteiger partial charge in [-0.3, -0.25) is 4.79 Å². The normalized spacial score (nSPS) is 11.1. The maximum atomic E-state index is 12.4. The summed E-state index contributed by atoms with van der Waals surface area (Å²) in [6.45, 7) is 2.00. The average Bonchev–Trinajstić information content (AvgIpc) is 2.97. The number of aryl methyl sites for hydroxylation is 1. The number of benzene rings is 2. The number of thiophene rings is 1. The standard InChI is InChI=1S/C19H17ClN2O3S/c1-11-4-6-13-16(8-11)26-18(17(13)20)19(23)22-21-10-12-5-7-14(24-2)15(9-12)25-3/h4-10H,1-3H3,(H,22,23). The van der Waals surface area contributed by atoms with Gasteiger partial charge in [0, 0.05) is 10.1 Å².